The Morgan fingerprint density at radius 3 is 2.58 bits per heavy atom. The van der Waals surface area contributed by atoms with E-state index in [0.717, 1.165) is 29.6 Å². The molecule has 0 saturated heterocycles. The van der Waals surface area contributed by atoms with Crippen LogP contribution in [0.4, 0.5) is 11.5 Å². The molecule has 2 aromatic rings. The molecule has 0 spiro atoms. The van der Waals surface area contributed by atoms with E-state index in [9.17, 15) is 0 Å². The zero-order chi connectivity index (χ0) is 18.9. The van der Waals surface area contributed by atoms with Gasteiger partial charge in [0.05, 0.1) is 29.9 Å². The second kappa shape index (κ2) is 7.35. The Morgan fingerprint density at radius 1 is 1.27 bits per heavy atom. The van der Waals surface area contributed by atoms with E-state index in [1.165, 1.54) is 18.5 Å². The maximum atomic E-state index is 5.29. The molecule has 142 valence electrons. The minimum Gasteiger partial charge on any atom is -0.378 e. The molecule has 0 unspecified atom stereocenters. The van der Waals surface area contributed by atoms with Gasteiger partial charge in [0.15, 0.2) is 0 Å². The maximum Gasteiger partial charge on any atom is 0.136 e. The van der Waals surface area contributed by atoms with Crippen LogP contribution in [0.15, 0.2) is 12.3 Å². The van der Waals surface area contributed by atoms with Gasteiger partial charge in [-0.05, 0) is 18.8 Å². The quantitative estimate of drug-likeness (QED) is 0.796. The lowest BCUT2D eigenvalue weighted by Gasteiger charge is -2.19. The summed E-state index contributed by atoms with van der Waals surface area (Å²) in [5, 5.41) is 8.14. The molecule has 6 heteroatoms. The van der Waals surface area contributed by atoms with Gasteiger partial charge in [-0.3, -0.25) is 4.68 Å². The highest BCUT2D eigenvalue weighted by atomic mass is 16.5. The van der Waals surface area contributed by atoms with Crippen molar-refractivity contribution in [3.05, 3.63) is 29.5 Å². The third-order valence-corrected chi connectivity index (χ3v) is 4.39. The molecule has 6 nitrogen and oxygen atoms in total. The number of hydrogen-bond donors (Lipinski definition) is 1. The summed E-state index contributed by atoms with van der Waals surface area (Å²) in [5.41, 5.74) is 3.14. The van der Waals surface area contributed by atoms with E-state index in [-0.39, 0.29) is 5.41 Å². The van der Waals surface area contributed by atoms with E-state index < -0.39 is 0 Å². The van der Waals surface area contributed by atoms with Crippen molar-refractivity contribution < 1.29 is 4.74 Å². The molecule has 1 saturated carbocycles. The van der Waals surface area contributed by atoms with Gasteiger partial charge in [-0.15, -0.1) is 0 Å². The van der Waals surface area contributed by atoms with Gasteiger partial charge in [0.1, 0.15) is 11.6 Å². The molecule has 0 aromatic carbocycles. The number of methoxy groups -OCH3 is 1. The lowest BCUT2D eigenvalue weighted by Crippen LogP contribution is -2.18. The third kappa shape index (κ3) is 4.41. The Labute approximate surface area is 156 Å². The van der Waals surface area contributed by atoms with Crippen molar-refractivity contribution in [2.24, 2.45) is 5.92 Å². The molecule has 1 fully saturated rings. The zero-order valence-electron chi connectivity index (χ0n) is 16.8. The number of aromatic nitrogens is 4. The van der Waals surface area contributed by atoms with Crippen LogP contribution in [0.2, 0.25) is 0 Å². The average molecular weight is 358 g/mol. The van der Waals surface area contributed by atoms with Crippen molar-refractivity contribution >= 4 is 11.5 Å². The molecule has 0 bridgehead atoms. The van der Waals surface area contributed by atoms with Crippen LogP contribution in [0.25, 0.3) is 0 Å². The van der Waals surface area contributed by atoms with Gasteiger partial charge < -0.3 is 10.1 Å². The Kier molecular flexibility index (Phi) is 5.32. The summed E-state index contributed by atoms with van der Waals surface area (Å²) in [4.78, 5) is 9.41. The van der Waals surface area contributed by atoms with E-state index in [4.69, 9.17) is 9.72 Å². The largest absolute Gasteiger partial charge is 0.378 e. The molecule has 2 aromatic heterocycles. The van der Waals surface area contributed by atoms with Crippen molar-refractivity contribution in [2.75, 3.05) is 12.4 Å². The van der Waals surface area contributed by atoms with Gasteiger partial charge >= 0.3 is 0 Å². The number of nitrogens with one attached hydrogen (secondary N) is 1. The van der Waals surface area contributed by atoms with Crippen molar-refractivity contribution in [3.8, 4) is 0 Å². The monoisotopic (exact) mass is 357 g/mol. The average Bonchev–Trinajstić information content (AvgIpc) is 3.30. The first-order valence-corrected chi connectivity index (χ1v) is 9.48. The Bertz CT molecular complexity index is 756. The number of ether oxygens (including phenoxy) is 1. The number of nitrogens with zero attached hydrogens (tertiary/aromatic N) is 4. The Morgan fingerprint density at radius 2 is 2.00 bits per heavy atom. The minimum absolute atomic E-state index is 0.124. The van der Waals surface area contributed by atoms with Crippen molar-refractivity contribution in [3.63, 3.8) is 0 Å². The molecule has 3 rings (SSSR count). The van der Waals surface area contributed by atoms with Gasteiger partial charge in [0, 0.05) is 31.1 Å². The lowest BCUT2D eigenvalue weighted by molar-refractivity contribution is 0.181. The molecule has 26 heavy (non-hydrogen) atoms. The van der Waals surface area contributed by atoms with Crippen molar-refractivity contribution in [1.29, 1.82) is 0 Å². The van der Waals surface area contributed by atoms with Crippen LogP contribution in [-0.4, -0.2) is 26.9 Å². The standard InChI is InChI=1S/C20H31N5O/c1-13(2)11-25-18(14-7-8-14)16(10-21-25)23-17-9-15(12-26-6)22-19(24-17)20(3,4)5/h9-10,13-14H,7-8,11-12H2,1-6H3,(H,22,23,24). The smallest absolute Gasteiger partial charge is 0.136 e. The molecular weight excluding hydrogens is 326 g/mol. The van der Waals surface area contributed by atoms with Crippen molar-refractivity contribution in [1.82, 2.24) is 19.7 Å². The first-order chi connectivity index (χ1) is 12.3. The SMILES string of the molecule is COCc1cc(Nc2cnn(CC(C)C)c2C2CC2)nc(C(C)(C)C)n1. The maximum absolute atomic E-state index is 5.29. The van der Waals surface area contributed by atoms with Gasteiger partial charge in [-0.25, -0.2) is 9.97 Å². The topological polar surface area (TPSA) is 64.9 Å². The van der Waals surface area contributed by atoms with Crippen LogP contribution >= 0.6 is 0 Å². The first kappa shape index (κ1) is 18.8. The van der Waals surface area contributed by atoms with Crippen LogP contribution < -0.4 is 5.32 Å². The highest BCUT2D eigenvalue weighted by Crippen LogP contribution is 2.44. The molecule has 1 aliphatic carbocycles. The van der Waals surface area contributed by atoms with Crippen LogP contribution in [0.1, 0.15) is 70.6 Å². The van der Waals surface area contributed by atoms with Crippen molar-refractivity contribution in [2.45, 2.75) is 71.9 Å². The van der Waals surface area contributed by atoms with E-state index in [1.807, 2.05) is 12.3 Å². The zero-order valence-corrected chi connectivity index (χ0v) is 16.8. The molecule has 1 N–H and O–H groups in total. The number of rotatable bonds is 7. The van der Waals surface area contributed by atoms with E-state index >= 15 is 0 Å². The first-order valence-electron chi connectivity index (χ1n) is 9.48. The van der Waals surface area contributed by atoms with Gasteiger partial charge in [-0.1, -0.05) is 34.6 Å². The predicted molar refractivity (Wildman–Crippen MR) is 104 cm³/mol. The fourth-order valence-electron chi connectivity index (χ4n) is 3.03. The summed E-state index contributed by atoms with van der Waals surface area (Å²) in [6.07, 6.45) is 4.42. The summed E-state index contributed by atoms with van der Waals surface area (Å²) in [5.74, 6) is 2.81. The van der Waals surface area contributed by atoms with E-state index in [1.54, 1.807) is 7.11 Å². The van der Waals surface area contributed by atoms with Crippen LogP contribution in [-0.2, 0) is 23.3 Å². The fourth-order valence-corrected chi connectivity index (χ4v) is 3.03. The highest BCUT2D eigenvalue weighted by molar-refractivity contribution is 5.60. The summed E-state index contributed by atoms with van der Waals surface area (Å²) in [6, 6.07) is 1.97. The van der Waals surface area contributed by atoms with Crippen LogP contribution in [0.5, 0.6) is 0 Å². The highest BCUT2D eigenvalue weighted by Gasteiger charge is 2.31. The van der Waals surface area contributed by atoms with E-state index in [0.29, 0.717) is 18.4 Å². The number of anilines is 2. The summed E-state index contributed by atoms with van der Waals surface area (Å²) in [7, 11) is 1.69. The summed E-state index contributed by atoms with van der Waals surface area (Å²) >= 11 is 0. The third-order valence-electron chi connectivity index (χ3n) is 4.39. The summed E-state index contributed by atoms with van der Waals surface area (Å²) < 4.78 is 7.45. The Hall–Kier alpha value is -1.95. The molecule has 0 aliphatic heterocycles. The summed E-state index contributed by atoms with van der Waals surface area (Å²) in [6.45, 7) is 12.2. The Balaban J connectivity index is 1.93. The predicted octanol–water partition coefficient (Wildman–Crippen LogP) is 4.39. The minimum atomic E-state index is -0.124. The molecule has 0 radical (unpaired) electrons. The molecule has 2 heterocycles. The van der Waals surface area contributed by atoms with Gasteiger partial charge in [-0.2, -0.15) is 5.10 Å². The second-order valence-electron chi connectivity index (χ2n) is 8.67. The normalized spacial score (nSPS) is 14.9. The lowest BCUT2D eigenvalue weighted by atomic mass is 9.95. The molecule has 0 atom stereocenters. The fraction of sp³-hybridized carbons (Fsp3) is 0.650. The molecule has 0 amide bonds. The second-order valence-corrected chi connectivity index (χ2v) is 8.67. The molecule has 1 aliphatic rings. The number of hydrogen-bond acceptors (Lipinski definition) is 5. The van der Waals surface area contributed by atoms with Gasteiger partial charge in [0.25, 0.3) is 0 Å². The van der Waals surface area contributed by atoms with Crippen LogP contribution in [0.3, 0.4) is 0 Å². The van der Waals surface area contributed by atoms with Crippen LogP contribution in [0, 0.1) is 5.92 Å². The van der Waals surface area contributed by atoms with Gasteiger partial charge in [0.2, 0.25) is 0 Å². The molecular formula is C20H31N5O. The van der Waals surface area contributed by atoms with E-state index in [2.05, 4.69) is 54.7 Å².